The van der Waals surface area contributed by atoms with Crippen LogP contribution in [0.2, 0.25) is 0 Å². The second-order valence-electron chi connectivity index (χ2n) is 5.81. The van der Waals surface area contributed by atoms with Gasteiger partial charge in [0.05, 0.1) is 0 Å². The maximum absolute atomic E-state index is 10.7. The minimum absolute atomic E-state index is 0.250. The third kappa shape index (κ3) is 2.09. The summed E-state index contributed by atoms with van der Waals surface area (Å²) in [6.07, 6.45) is 9.00. The minimum atomic E-state index is -0.676. The first-order valence-electron chi connectivity index (χ1n) is 7.17. The lowest BCUT2D eigenvalue weighted by molar-refractivity contribution is -0.137. The zero-order valence-corrected chi connectivity index (χ0v) is 11.1. The van der Waals surface area contributed by atoms with E-state index in [0.717, 1.165) is 37.5 Å². The zero-order chi connectivity index (χ0) is 13.3. The van der Waals surface area contributed by atoms with Gasteiger partial charge in [0.15, 0.2) is 0 Å². The van der Waals surface area contributed by atoms with E-state index < -0.39 is 5.97 Å². The smallest absolute Gasteiger partial charge is 0.303 e. The number of hydrogen-bond donors (Lipinski definition) is 1. The monoisotopic (exact) mass is 256 g/mol. The summed E-state index contributed by atoms with van der Waals surface area (Å²) in [5, 5.41) is 8.85. The standard InChI is InChI=1S/C17H20O2/c18-16(19)11-6-12-17(13-7-2-1-3-8-13)14-9-4-5-10-15(14)17/h1-5,7-8,14-15H,6,9-12H2,(H,18,19). The third-order valence-corrected chi connectivity index (χ3v) is 4.94. The van der Waals surface area contributed by atoms with Crippen LogP contribution in [0.4, 0.5) is 0 Å². The highest BCUT2D eigenvalue weighted by Crippen LogP contribution is 2.67. The number of fused-ring (bicyclic) bond motifs is 1. The highest BCUT2D eigenvalue weighted by Gasteiger charge is 2.63. The van der Waals surface area contributed by atoms with Gasteiger partial charge in [0.1, 0.15) is 0 Å². The summed E-state index contributed by atoms with van der Waals surface area (Å²) in [7, 11) is 0. The first-order valence-corrected chi connectivity index (χ1v) is 7.17. The minimum Gasteiger partial charge on any atom is -0.481 e. The van der Waals surface area contributed by atoms with Crippen molar-refractivity contribution >= 4 is 5.97 Å². The lowest BCUT2D eigenvalue weighted by atomic mass is 9.86. The molecule has 0 bridgehead atoms. The molecular formula is C17H20O2. The molecule has 1 aromatic rings. The zero-order valence-electron chi connectivity index (χ0n) is 11.1. The highest BCUT2D eigenvalue weighted by molar-refractivity contribution is 5.66. The van der Waals surface area contributed by atoms with E-state index in [2.05, 4.69) is 42.5 Å². The molecule has 2 heteroatoms. The molecule has 0 radical (unpaired) electrons. The molecule has 0 aliphatic heterocycles. The van der Waals surface area contributed by atoms with Crippen LogP contribution in [-0.4, -0.2) is 11.1 Å². The molecule has 2 nitrogen and oxygen atoms in total. The van der Waals surface area contributed by atoms with Gasteiger partial charge in [-0.15, -0.1) is 0 Å². The van der Waals surface area contributed by atoms with E-state index in [1.54, 1.807) is 0 Å². The largest absolute Gasteiger partial charge is 0.481 e. The Balaban J connectivity index is 1.80. The number of hydrogen-bond acceptors (Lipinski definition) is 1. The normalized spacial score (nSPS) is 31.8. The number of aliphatic carboxylic acids is 1. The fourth-order valence-electron chi connectivity index (χ4n) is 4.06. The Bertz CT molecular complexity index is 475. The molecule has 0 spiro atoms. The number of carboxylic acids is 1. The SMILES string of the molecule is O=C(O)CCCC1(c2ccccc2)C2CC=CCC21. The van der Waals surface area contributed by atoms with E-state index >= 15 is 0 Å². The van der Waals surface area contributed by atoms with Gasteiger partial charge in [-0.3, -0.25) is 4.79 Å². The quantitative estimate of drug-likeness (QED) is 0.814. The van der Waals surface area contributed by atoms with Crippen LogP contribution in [0, 0.1) is 11.8 Å². The Morgan fingerprint density at radius 3 is 2.37 bits per heavy atom. The number of allylic oxidation sites excluding steroid dienone is 2. The Labute approximate surface area is 114 Å². The molecule has 1 aromatic carbocycles. The fourth-order valence-corrected chi connectivity index (χ4v) is 4.06. The molecule has 0 aromatic heterocycles. The maximum Gasteiger partial charge on any atom is 0.303 e. The van der Waals surface area contributed by atoms with Gasteiger partial charge in [0.25, 0.3) is 0 Å². The van der Waals surface area contributed by atoms with Gasteiger partial charge in [-0.1, -0.05) is 42.5 Å². The van der Waals surface area contributed by atoms with Crippen molar-refractivity contribution < 1.29 is 9.90 Å². The van der Waals surface area contributed by atoms with E-state index in [1.807, 2.05) is 0 Å². The van der Waals surface area contributed by atoms with Crippen LogP contribution in [-0.2, 0) is 10.2 Å². The second kappa shape index (κ2) is 4.84. The molecule has 2 unspecified atom stereocenters. The average molecular weight is 256 g/mol. The predicted octanol–water partition coefficient (Wildman–Crippen LogP) is 3.78. The molecule has 2 aliphatic rings. The molecule has 1 N–H and O–H groups in total. The van der Waals surface area contributed by atoms with Gasteiger partial charge >= 0.3 is 5.97 Å². The van der Waals surface area contributed by atoms with Gasteiger partial charge in [-0.05, 0) is 43.1 Å². The molecule has 0 heterocycles. The molecule has 100 valence electrons. The first-order chi connectivity index (χ1) is 9.25. The van der Waals surface area contributed by atoms with Gasteiger partial charge in [0.2, 0.25) is 0 Å². The molecular weight excluding hydrogens is 236 g/mol. The summed E-state index contributed by atoms with van der Waals surface area (Å²) in [6.45, 7) is 0. The molecule has 1 fully saturated rings. The average Bonchev–Trinajstić information content (AvgIpc) is 3.09. The molecule has 2 atom stereocenters. The van der Waals surface area contributed by atoms with Gasteiger partial charge in [0, 0.05) is 11.8 Å². The molecule has 0 amide bonds. The Morgan fingerprint density at radius 1 is 1.16 bits per heavy atom. The van der Waals surface area contributed by atoms with Crippen molar-refractivity contribution in [2.45, 2.75) is 37.5 Å². The van der Waals surface area contributed by atoms with Gasteiger partial charge < -0.3 is 5.11 Å². The number of carboxylic acid groups (broad SMARTS) is 1. The molecule has 2 aliphatic carbocycles. The van der Waals surface area contributed by atoms with E-state index in [9.17, 15) is 4.79 Å². The van der Waals surface area contributed by atoms with Crippen molar-refractivity contribution in [3.8, 4) is 0 Å². The van der Waals surface area contributed by atoms with Crippen LogP contribution in [0.15, 0.2) is 42.5 Å². The summed E-state index contributed by atoms with van der Waals surface area (Å²) in [4.78, 5) is 10.7. The topological polar surface area (TPSA) is 37.3 Å². The van der Waals surface area contributed by atoms with Gasteiger partial charge in [-0.25, -0.2) is 0 Å². The van der Waals surface area contributed by atoms with Crippen molar-refractivity contribution in [1.29, 1.82) is 0 Å². The Kier molecular flexibility index (Phi) is 3.17. The lowest BCUT2D eigenvalue weighted by Crippen LogP contribution is -2.13. The van der Waals surface area contributed by atoms with Crippen molar-refractivity contribution in [3.05, 3.63) is 48.0 Å². The van der Waals surface area contributed by atoms with E-state index in [0.29, 0.717) is 6.42 Å². The van der Waals surface area contributed by atoms with E-state index in [1.165, 1.54) is 5.56 Å². The molecule has 1 saturated carbocycles. The predicted molar refractivity (Wildman–Crippen MR) is 75.0 cm³/mol. The van der Waals surface area contributed by atoms with Crippen molar-refractivity contribution in [2.75, 3.05) is 0 Å². The molecule has 0 saturated heterocycles. The lowest BCUT2D eigenvalue weighted by Gasteiger charge is -2.18. The summed E-state index contributed by atoms with van der Waals surface area (Å²) in [5.41, 5.74) is 1.67. The fraction of sp³-hybridized carbons (Fsp3) is 0.471. The van der Waals surface area contributed by atoms with Gasteiger partial charge in [-0.2, -0.15) is 0 Å². The van der Waals surface area contributed by atoms with Crippen LogP contribution in [0.25, 0.3) is 0 Å². The van der Waals surface area contributed by atoms with Crippen LogP contribution in [0.5, 0.6) is 0 Å². The maximum atomic E-state index is 10.7. The Morgan fingerprint density at radius 2 is 1.79 bits per heavy atom. The summed E-state index contributed by atoms with van der Waals surface area (Å²) in [5.74, 6) is 0.785. The number of carbonyl (C=O) groups is 1. The van der Waals surface area contributed by atoms with Crippen LogP contribution in [0.3, 0.4) is 0 Å². The van der Waals surface area contributed by atoms with Crippen LogP contribution >= 0.6 is 0 Å². The summed E-state index contributed by atoms with van der Waals surface area (Å²) < 4.78 is 0. The first kappa shape index (κ1) is 12.5. The van der Waals surface area contributed by atoms with E-state index in [4.69, 9.17) is 5.11 Å². The molecule has 3 rings (SSSR count). The van der Waals surface area contributed by atoms with Crippen LogP contribution < -0.4 is 0 Å². The second-order valence-corrected chi connectivity index (χ2v) is 5.81. The van der Waals surface area contributed by atoms with E-state index in [-0.39, 0.29) is 5.41 Å². The van der Waals surface area contributed by atoms with Crippen LogP contribution in [0.1, 0.15) is 37.7 Å². The van der Waals surface area contributed by atoms with Crippen molar-refractivity contribution in [1.82, 2.24) is 0 Å². The summed E-state index contributed by atoms with van der Waals surface area (Å²) >= 11 is 0. The van der Waals surface area contributed by atoms with Crippen molar-refractivity contribution in [3.63, 3.8) is 0 Å². The summed E-state index contributed by atoms with van der Waals surface area (Å²) in [6, 6.07) is 10.7. The van der Waals surface area contributed by atoms with Crippen molar-refractivity contribution in [2.24, 2.45) is 11.8 Å². The highest BCUT2D eigenvalue weighted by atomic mass is 16.4. The number of rotatable bonds is 5. The third-order valence-electron chi connectivity index (χ3n) is 4.94. The number of benzene rings is 1. The molecule has 19 heavy (non-hydrogen) atoms. The Hall–Kier alpha value is -1.57.